The van der Waals surface area contributed by atoms with Crippen LogP contribution >= 0.6 is 11.8 Å². The first kappa shape index (κ1) is 17.6. The standard InChI is InChI=1S/C13H25N3O2S2/c1-10(2)14-8-12-6-13(9-16(12)4)20(17,18)15-7-11(3)19-5/h6,9-11,14-15H,7-8H2,1-5H3. The summed E-state index contributed by atoms with van der Waals surface area (Å²) < 4.78 is 28.9. The van der Waals surface area contributed by atoms with Gasteiger partial charge >= 0.3 is 0 Å². The molecule has 0 radical (unpaired) electrons. The van der Waals surface area contributed by atoms with Crippen LogP contribution in [0.5, 0.6) is 0 Å². The molecule has 5 nitrogen and oxygen atoms in total. The fraction of sp³-hybridized carbons (Fsp3) is 0.692. The first-order chi connectivity index (χ1) is 9.26. The predicted octanol–water partition coefficient (Wildman–Crippen LogP) is 1.55. The molecule has 2 N–H and O–H groups in total. The quantitative estimate of drug-likeness (QED) is 0.763. The minimum atomic E-state index is -3.42. The Morgan fingerprint density at radius 1 is 1.35 bits per heavy atom. The molecular weight excluding hydrogens is 294 g/mol. The molecule has 0 aliphatic carbocycles. The summed E-state index contributed by atoms with van der Waals surface area (Å²) in [5.41, 5.74) is 0.956. The van der Waals surface area contributed by atoms with Crippen LogP contribution in [0.1, 0.15) is 26.5 Å². The molecule has 116 valence electrons. The van der Waals surface area contributed by atoms with Gasteiger partial charge in [0.05, 0.1) is 4.90 Å². The third kappa shape index (κ3) is 5.12. The van der Waals surface area contributed by atoms with E-state index in [4.69, 9.17) is 0 Å². The number of thioether (sulfide) groups is 1. The zero-order valence-electron chi connectivity index (χ0n) is 12.8. The Morgan fingerprint density at radius 3 is 2.55 bits per heavy atom. The van der Waals surface area contributed by atoms with Crippen LogP contribution in [0.25, 0.3) is 0 Å². The van der Waals surface area contributed by atoms with E-state index < -0.39 is 10.0 Å². The summed E-state index contributed by atoms with van der Waals surface area (Å²) in [7, 11) is -1.56. The van der Waals surface area contributed by atoms with E-state index in [2.05, 4.69) is 23.9 Å². The monoisotopic (exact) mass is 319 g/mol. The molecule has 1 aromatic rings. The first-order valence-corrected chi connectivity index (χ1v) is 9.44. The molecule has 1 rings (SSSR count). The fourth-order valence-corrected chi connectivity index (χ4v) is 3.18. The van der Waals surface area contributed by atoms with Gasteiger partial charge in [0, 0.05) is 43.3 Å². The van der Waals surface area contributed by atoms with Crippen LogP contribution in [0.2, 0.25) is 0 Å². The van der Waals surface area contributed by atoms with Crippen molar-refractivity contribution in [3.05, 3.63) is 18.0 Å². The first-order valence-electron chi connectivity index (χ1n) is 6.67. The lowest BCUT2D eigenvalue weighted by Gasteiger charge is -2.09. The number of nitrogens with one attached hydrogen (secondary N) is 2. The van der Waals surface area contributed by atoms with Gasteiger partial charge in [-0.05, 0) is 12.3 Å². The van der Waals surface area contributed by atoms with Crippen molar-refractivity contribution in [3.8, 4) is 0 Å². The van der Waals surface area contributed by atoms with Crippen LogP contribution in [0.4, 0.5) is 0 Å². The van der Waals surface area contributed by atoms with E-state index >= 15 is 0 Å². The number of hydrogen-bond donors (Lipinski definition) is 2. The van der Waals surface area contributed by atoms with Crippen molar-refractivity contribution < 1.29 is 8.42 Å². The predicted molar refractivity (Wildman–Crippen MR) is 85.6 cm³/mol. The lowest BCUT2D eigenvalue weighted by atomic mass is 10.3. The molecule has 0 fully saturated rings. The van der Waals surface area contributed by atoms with E-state index in [0.29, 0.717) is 24.0 Å². The fourth-order valence-electron chi connectivity index (χ4n) is 1.60. The average Bonchev–Trinajstić information content (AvgIpc) is 2.75. The molecule has 7 heteroatoms. The smallest absolute Gasteiger partial charge is 0.242 e. The van der Waals surface area contributed by atoms with E-state index in [-0.39, 0.29) is 5.25 Å². The highest BCUT2D eigenvalue weighted by Gasteiger charge is 2.18. The van der Waals surface area contributed by atoms with Crippen molar-refractivity contribution in [1.29, 1.82) is 0 Å². The average molecular weight is 319 g/mol. The van der Waals surface area contributed by atoms with Gasteiger partial charge in [-0.3, -0.25) is 0 Å². The highest BCUT2D eigenvalue weighted by atomic mass is 32.2. The molecule has 0 saturated carbocycles. The van der Waals surface area contributed by atoms with Crippen LogP contribution in [-0.4, -0.2) is 37.1 Å². The summed E-state index contributed by atoms with van der Waals surface area (Å²) in [6, 6.07) is 2.09. The van der Waals surface area contributed by atoms with Gasteiger partial charge in [0.2, 0.25) is 10.0 Å². The maximum Gasteiger partial charge on any atom is 0.242 e. The number of aromatic nitrogens is 1. The van der Waals surface area contributed by atoms with Crippen LogP contribution in [0.15, 0.2) is 17.2 Å². The van der Waals surface area contributed by atoms with Crippen LogP contribution in [0, 0.1) is 0 Å². The van der Waals surface area contributed by atoms with E-state index in [1.807, 2.05) is 24.8 Å². The Hall–Kier alpha value is -0.500. The third-order valence-corrected chi connectivity index (χ3v) is 5.41. The summed E-state index contributed by atoms with van der Waals surface area (Å²) in [6.45, 7) is 7.22. The number of hydrogen-bond acceptors (Lipinski definition) is 4. The minimum absolute atomic E-state index is 0.260. The van der Waals surface area contributed by atoms with Crippen molar-refractivity contribution in [2.75, 3.05) is 12.8 Å². The minimum Gasteiger partial charge on any atom is -0.352 e. The SMILES string of the molecule is CSC(C)CNS(=O)(=O)c1cc(CNC(C)C)n(C)c1. The number of rotatable bonds is 8. The van der Waals surface area contributed by atoms with Gasteiger partial charge in [0.25, 0.3) is 0 Å². The second-order valence-electron chi connectivity index (χ2n) is 5.21. The van der Waals surface area contributed by atoms with Gasteiger partial charge in [-0.2, -0.15) is 11.8 Å². The van der Waals surface area contributed by atoms with Crippen molar-refractivity contribution in [1.82, 2.24) is 14.6 Å². The van der Waals surface area contributed by atoms with Crippen molar-refractivity contribution in [3.63, 3.8) is 0 Å². The van der Waals surface area contributed by atoms with Gasteiger partial charge in [-0.25, -0.2) is 13.1 Å². The molecule has 20 heavy (non-hydrogen) atoms. The summed E-state index contributed by atoms with van der Waals surface area (Å²) in [5, 5.41) is 3.55. The Balaban J connectivity index is 2.78. The number of aryl methyl sites for hydroxylation is 1. The zero-order chi connectivity index (χ0) is 15.3. The van der Waals surface area contributed by atoms with Gasteiger partial charge in [0.15, 0.2) is 0 Å². The maximum absolute atomic E-state index is 12.2. The van der Waals surface area contributed by atoms with Crippen molar-refractivity contribution in [2.45, 2.75) is 43.5 Å². The van der Waals surface area contributed by atoms with Crippen LogP contribution < -0.4 is 10.0 Å². The highest BCUT2D eigenvalue weighted by molar-refractivity contribution is 7.99. The summed E-state index contributed by atoms with van der Waals surface area (Å²) >= 11 is 1.64. The Morgan fingerprint density at radius 2 is 2.00 bits per heavy atom. The molecule has 0 aliphatic heterocycles. The van der Waals surface area contributed by atoms with Crippen LogP contribution in [-0.2, 0) is 23.6 Å². The van der Waals surface area contributed by atoms with Crippen molar-refractivity contribution in [2.24, 2.45) is 7.05 Å². The van der Waals surface area contributed by atoms with Gasteiger partial charge in [0.1, 0.15) is 0 Å². The van der Waals surface area contributed by atoms with Gasteiger partial charge < -0.3 is 9.88 Å². The molecule has 0 saturated heterocycles. The number of nitrogens with zero attached hydrogens (tertiary/aromatic N) is 1. The lowest BCUT2D eigenvalue weighted by Crippen LogP contribution is -2.29. The molecular formula is C13H25N3O2S2. The van der Waals surface area contributed by atoms with Gasteiger partial charge in [-0.15, -0.1) is 0 Å². The summed E-state index contributed by atoms with van der Waals surface area (Å²) in [4.78, 5) is 0.328. The molecule has 1 aromatic heterocycles. The van der Waals surface area contributed by atoms with Crippen LogP contribution in [0.3, 0.4) is 0 Å². The second kappa shape index (κ2) is 7.49. The van der Waals surface area contributed by atoms with E-state index in [1.165, 1.54) is 0 Å². The van der Waals surface area contributed by atoms with Gasteiger partial charge in [-0.1, -0.05) is 20.8 Å². The molecule has 0 bridgehead atoms. The molecule has 0 aliphatic rings. The van der Waals surface area contributed by atoms with E-state index in [9.17, 15) is 8.42 Å². The highest BCUT2D eigenvalue weighted by Crippen LogP contribution is 2.14. The third-order valence-electron chi connectivity index (χ3n) is 3.05. The topological polar surface area (TPSA) is 63.1 Å². The van der Waals surface area contributed by atoms with E-state index in [0.717, 1.165) is 5.69 Å². The molecule has 0 spiro atoms. The molecule has 0 amide bonds. The summed E-state index contributed by atoms with van der Waals surface area (Å²) in [5.74, 6) is 0. The zero-order valence-corrected chi connectivity index (χ0v) is 14.4. The molecule has 0 aromatic carbocycles. The summed E-state index contributed by atoms with van der Waals surface area (Å²) in [6.07, 6.45) is 3.63. The second-order valence-corrected chi connectivity index (χ2v) is 8.25. The maximum atomic E-state index is 12.2. The number of sulfonamides is 1. The molecule has 1 atom stereocenters. The largest absolute Gasteiger partial charge is 0.352 e. The van der Waals surface area contributed by atoms with Crippen molar-refractivity contribution >= 4 is 21.8 Å². The normalized spacial score (nSPS) is 13.9. The molecule has 1 unspecified atom stereocenters. The Labute approximate surface area is 126 Å². The molecule has 1 heterocycles. The Bertz CT molecular complexity index is 524. The Kier molecular flexibility index (Phi) is 6.57. The lowest BCUT2D eigenvalue weighted by molar-refractivity contribution is 0.571. The van der Waals surface area contributed by atoms with E-state index in [1.54, 1.807) is 24.0 Å².